The number of carbonyl (C=O) groups is 1. The van der Waals surface area contributed by atoms with E-state index in [-0.39, 0.29) is 17.5 Å². The summed E-state index contributed by atoms with van der Waals surface area (Å²) in [5.74, 6) is -0.866. The lowest BCUT2D eigenvalue weighted by Crippen LogP contribution is -2.53. The fourth-order valence-electron chi connectivity index (χ4n) is 4.96. The van der Waals surface area contributed by atoms with Crippen molar-refractivity contribution in [1.29, 1.82) is 0 Å². The van der Waals surface area contributed by atoms with Crippen LogP contribution in [0.4, 0.5) is 10.1 Å². The number of benzene rings is 1. The first-order valence-electron chi connectivity index (χ1n) is 12.7. The van der Waals surface area contributed by atoms with Crippen LogP contribution in [0, 0.1) is 12.7 Å². The van der Waals surface area contributed by atoms with E-state index in [4.69, 9.17) is 4.74 Å². The van der Waals surface area contributed by atoms with Gasteiger partial charge in [-0.15, -0.1) is 0 Å². The van der Waals surface area contributed by atoms with Crippen LogP contribution < -0.4 is 10.6 Å². The number of hydrogen-bond donors (Lipinski definition) is 2. The van der Waals surface area contributed by atoms with Crippen LogP contribution in [0.25, 0.3) is 16.8 Å². The summed E-state index contributed by atoms with van der Waals surface area (Å²) >= 11 is 0. The van der Waals surface area contributed by atoms with Crippen LogP contribution in [0.3, 0.4) is 0 Å². The second-order valence-corrected chi connectivity index (χ2v) is 10.1. The quantitative estimate of drug-likeness (QED) is 0.527. The summed E-state index contributed by atoms with van der Waals surface area (Å²) in [7, 11) is 0. The van der Waals surface area contributed by atoms with E-state index in [1.165, 1.54) is 6.07 Å². The number of anilines is 1. The molecule has 4 heterocycles. The highest BCUT2D eigenvalue weighted by Gasteiger charge is 2.29. The molecule has 8 nitrogen and oxygen atoms in total. The summed E-state index contributed by atoms with van der Waals surface area (Å²) in [6.45, 7) is 5.73. The lowest BCUT2D eigenvalue weighted by atomic mass is 9.99. The minimum atomic E-state index is -0.503. The molecule has 36 heavy (non-hydrogen) atoms. The van der Waals surface area contributed by atoms with E-state index in [0.717, 1.165) is 80.1 Å². The van der Waals surface area contributed by atoms with Gasteiger partial charge in [-0.1, -0.05) is 0 Å². The topological polar surface area (TPSA) is 84.3 Å². The Morgan fingerprint density at radius 1 is 1.06 bits per heavy atom. The first kappa shape index (κ1) is 23.1. The molecule has 3 aromatic rings. The number of aryl methyl sites for hydroxylation is 1. The molecule has 9 heteroatoms. The molecule has 6 rings (SSSR count). The molecule has 2 N–H and O–H groups in total. The summed E-state index contributed by atoms with van der Waals surface area (Å²) in [4.78, 5) is 19.5. The van der Waals surface area contributed by atoms with Gasteiger partial charge in [-0.2, -0.15) is 5.10 Å². The molecule has 0 radical (unpaired) electrons. The summed E-state index contributed by atoms with van der Waals surface area (Å²) in [6, 6.07) is 6.27. The van der Waals surface area contributed by atoms with Crippen molar-refractivity contribution in [3.8, 4) is 16.8 Å². The van der Waals surface area contributed by atoms with Gasteiger partial charge in [-0.3, -0.25) is 14.7 Å². The Balaban J connectivity index is 1.16. The molecule has 0 bridgehead atoms. The van der Waals surface area contributed by atoms with E-state index < -0.39 is 5.82 Å². The third-order valence-electron chi connectivity index (χ3n) is 7.39. The Labute approximate surface area is 209 Å². The zero-order valence-electron chi connectivity index (χ0n) is 20.4. The molecule has 2 aromatic heterocycles. The Morgan fingerprint density at radius 2 is 1.86 bits per heavy atom. The molecule has 2 aliphatic heterocycles. The molecule has 0 unspecified atom stereocenters. The maximum atomic E-state index is 14.6. The van der Waals surface area contributed by atoms with Gasteiger partial charge in [0.25, 0.3) is 5.91 Å². The van der Waals surface area contributed by atoms with E-state index >= 15 is 0 Å². The number of amides is 1. The van der Waals surface area contributed by atoms with E-state index in [1.807, 2.05) is 25.4 Å². The second-order valence-electron chi connectivity index (χ2n) is 10.1. The maximum Gasteiger partial charge on any atom is 0.254 e. The molecule has 1 aliphatic carbocycles. The lowest BCUT2D eigenvalue weighted by molar-refractivity contribution is -0.0705. The number of carbonyl (C=O) groups excluding carboxylic acids is 1. The zero-order valence-corrected chi connectivity index (χ0v) is 20.4. The van der Waals surface area contributed by atoms with Gasteiger partial charge < -0.3 is 15.4 Å². The fraction of sp³-hybridized carbons (Fsp3) is 0.444. The largest absolute Gasteiger partial charge is 0.381 e. The smallest absolute Gasteiger partial charge is 0.254 e. The SMILES string of the molecule is Cc1cc(F)c(C(=O)NC2CC2)cc1-c1cnn(-c2cncc(NC3CCN(C4COC4)CC3)c2)c1. The Kier molecular flexibility index (Phi) is 6.18. The van der Waals surface area contributed by atoms with Crippen molar-refractivity contribution in [3.63, 3.8) is 0 Å². The Hall–Kier alpha value is -3.30. The van der Waals surface area contributed by atoms with Crippen molar-refractivity contribution >= 4 is 11.6 Å². The molecule has 1 amide bonds. The maximum absolute atomic E-state index is 14.6. The number of halogens is 1. The Bertz CT molecular complexity index is 1260. The number of rotatable bonds is 7. The van der Waals surface area contributed by atoms with Gasteiger partial charge in [-0.05, 0) is 61.9 Å². The molecule has 1 saturated carbocycles. The minimum Gasteiger partial charge on any atom is -0.381 e. The van der Waals surface area contributed by atoms with Gasteiger partial charge in [-0.25, -0.2) is 9.07 Å². The fourth-order valence-corrected chi connectivity index (χ4v) is 4.96. The van der Waals surface area contributed by atoms with Crippen LogP contribution in [0.15, 0.2) is 43.0 Å². The monoisotopic (exact) mass is 490 g/mol. The highest BCUT2D eigenvalue weighted by atomic mass is 19.1. The highest BCUT2D eigenvalue weighted by Crippen LogP contribution is 2.28. The zero-order chi connectivity index (χ0) is 24.6. The number of piperidine rings is 1. The molecule has 3 aliphatic rings. The van der Waals surface area contributed by atoms with Gasteiger partial charge in [0.2, 0.25) is 0 Å². The van der Waals surface area contributed by atoms with Crippen molar-refractivity contribution in [3.05, 3.63) is 59.9 Å². The van der Waals surface area contributed by atoms with Crippen LogP contribution in [-0.2, 0) is 4.74 Å². The normalized spacial score (nSPS) is 19.2. The van der Waals surface area contributed by atoms with E-state index in [2.05, 4.69) is 25.6 Å². The summed E-state index contributed by atoms with van der Waals surface area (Å²) in [5, 5.41) is 11.0. The first-order chi connectivity index (χ1) is 17.5. The van der Waals surface area contributed by atoms with Crippen LogP contribution in [0.2, 0.25) is 0 Å². The average Bonchev–Trinajstić information content (AvgIpc) is 3.51. The van der Waals surface area contributed by atoms with Gasteiger partial charge >= 0.3 is 0 Å². The molecular formula is C27H31FN6O2. The summed E-state index contributed by atoms with van der Waals surface area (Å²) in [6.07, 6.45) is 11.3. The Morgan fingerprint density at radius 3 is 2.58 bits per heavy atom. The van der Waals surface area contributed by atoms with Gasteiger partial charge in [0.05, 0.1) is 54.8 Å². The number of likely N-dealkylation sites (tertiary alicyclic amines) is 1. The van der Waals surface area contributed by atoms with Crippen LogP contribution >= 0.6 is 0 Å². The molecule has 0 spiro atoms. The predicted molar refractivity (Wildman–Crippen MR) is 135 cm³/mol. The van der Waals surface area contributed by atoms with Gasteiger partial charge in [0.15, 0.2) is 0 Å². The highest BCUT2D eigenvalue weighted by molar-refractivity contribution is 5.96. The summed E-state index contributed by atoms with van der Waals surface area (Å²) in [5.41, 5.74) is 4.23. The summed E-state index contributed by atoms with van der Waals surface area (Å²) < 4.78 is 21.6. The minimum absolute atomic E-state index is 0.0685. The average molecular weight is 491 g/mol. The van der Waals surface area contributed by atoms with Crippen molar-refractivity contribution in [2.75, 3.05) is 31.6 Å². The van der Waals surface area contributed by atoms with Crippen LogP contribution in [0.1, 0.15) is 41.6 Å². The van der Waals surface area contributed by atoms with Crippen molar-refractivity contribution < 1.29 is 13.9 Å². The molecule has 188 valence electrons. The number of ether oxygens (including phenoxy) is 1. The van der Waals surface area contributed by atoms with E-state index in [9.17, 15) is 9.18 Å². The molecule has 3 fully saturated rings. The second kappa shape index (κ2) is 9.63. The van der Waals surface area contributed by atoms with Crippen LogP contribution in [0.5, 0.6) is 0 Å². The lowest BCUT2D eigenvalue weighted by Gasteiger charge is -2.41. The number of aromatic nitrogens is 3. The van der Waals surface area contributed by atoms with Crippen molar-refractivity contribution in [2.24, 2.45) is 0 Å². The van der Waals surface area contributed by atoms with Crippen LogP contribution in [-0.4, -0.2) is 70.0 Å². The standard InChI is InChI=1S/C27H31FN6O2/c1-17-8-26(28)25(27(35)32-19-2-3-19)10-24(17)18-11-30-34(14-18)22-9-21(12-29-13-22)31-20-4-6-33(7-5-20)23-15-36-16-23/h8-14,19-20,23,31H,2-7,15-16H2,1H3,(H,32,35). The molecular weight excluding hydrogens is 459 g/mol. The number of hydrogen-bond acceptors (Lipinski definition) is 6. The predicted octanol–water partition coefficient (Wildman–Crippen LogP) is 3.55. The number of nitrogens with one attached hydrogen (secondary N) is 2. The number of nitrogens with zero attached hydrogens (tertiary/aromatic N) is 4. The van der Waals surface area contributed by atoms with E-state index in [1.54, 1.807) is 23.1 Å². The molecule has 1 aromatic carbocycles. The third-order valence-corrected chi connectivity index (χ3v) is 7.39. The van der Waals surface area contributed by atoms with Crippen molar-refractivity contribution in [1.82, 2.24) is 25.0 Å². The van der Waals surface area contributed by atoms with E-state index in [0.29, 0.717) is 12.1 Å². The molecule has 2 saturated heterocycles. The number of pyridine rings is 1. The van der Waals surface area contributed by atoms with Gasteiger partial charge in [0.1, 0.15) is 5.82 Å². The van der Waals surface area contributed by atoms with Gasteiger partial charge in [0, 0.05) is 36.9 Å². The van der Waals surface area contributed by atoms with Crippen molar-refractivity contribution in [2.45, 2.75) is 50.7 Å². The molecule has 0 atom stereocenters. The third kappa shape index (κ3) is 4.85. The first-order valence-corrected chi connectivity index (χ1v) is 12.7.